The molecule has 1 aromatic heterocycles. The molecule has 0 amide bonds. The van der Waals surface area contributed by atoms with Crippen LogP contribution in [0.15, 0.2) is 18.3 Å². The molecule has 3 heteroatoms. The molecule has 1 aliphatic carbocycles. The predicted octanol–water partition coefficient (Wildman–Crippen LogP) is 0.408. The van der Waals surface area contributed by atoms with Crippen LogP contribution >= 0.6 is 0 Å². The molecular weight excluding hydrogens is 152 g/mol. The number of Topliss-reactive ketones (excluding diaryl/α,β-unsaturated/α-hetero) is 1. The minimum absolute atomic E-state index is 0.0603. The van der Waals surface area contributed by atoms with Crippen LogP contribution in [0.2, 0.25) is 0 Å². The van der Waals surface area contributed by atoms with Crippen molar-refractivity contribution in [2.24, 2.45) is 0 Å². The van der Waals surface area contributed by atoms with Gasteiger partial charge in [-0.3, -0.25) is 9.78 Å². The Labute approximate surface area is 70.8 Å². The maximum Gasteiger partial charge on any atom is 0.198 e. The van der Waals surface area contributed by atoms with Crippen LogP contribution in [0.25, 0.3) is 0 Å². The fourth-order valence-electron chi connectivity index (χ4n) is 1.54. The van der Waals surface area contributed by atoms with Gasteiger partial charge in [0.15, 0.2) is 5.78 Å². The van der Waals surface area contributed by atoms with Gasteiger partial charge in [0, 0.05) is 6.20 Å². The quantitative estimate of drug-likeness (QED) is 0.650. The van der Waals surface area contributed by atoms with Gasteiger partial charge in [-0.2, -0.15) is 0 Å². The lowest BCUT2D eigenvalue weighted by molar-refractivity contribution is 0.0957. The van der Waals surface area contributed by atoms with Crippen LogP contribution in [0.4, 0.5) is 0 Å². The zero-order valence-electron chi connectivity index (χ0n) is 6.87. The van der Waals surface area contributed by atoms with E-state index < -0.39 is 0 Å². The normalized spacial score (nSPS) is 21.1. The molecule has 0 aliphatic heterocycles. The molecular formula is C9H10N2O. The fourth-order valence-corrected chi connectivity index (χ4v) is 1.54. The highest BCUT2D eigenvalue weighted by atomic mass is 16.1. The molecule has 3 nitrogen and oxygen atoms in total. The van der Waals surface area contributed by atoms with Gasteiger partial charge in [-0.15, -0.1) is 0 Å². The van der Waals surface area contributed by atoms with E-state index in [0.717, 1.165) is 12.0 Å². The van der Waals surface area contributed by atoms with Crippen LogP contribution in [0.5, 0.6) is 0 Å². The molecule has 0 spiro atoms. The largest absolute Gasteiger partial charge is 0.310 e. The summed E-state index contributed by atoms with van der Waals surface area (Å²) in [6.45, 7) is 0. The Bertz CT molecular complexity index is 322. The average Bonchev–Trinajstić information content (AvgIpc) is 2.44. The van der Waals surface area contributed by atoms with E-state index in [2.05, 4.69) is 10.3 Å². The number of ketones is 1. The number of nitrogens with zero attached hydrogens (tertiary/aromatic N) is 1. The minimum atomic E-state index is -0.0603. The summed E-state index contributed by atoms with van der Waals surface area (Å²) < 4.78 is 0. The second kappa shape index (κ2) is 2.68. The van der Waals surface area contributed by atoms with Crippen molar-refractivity contribution in [1.29, 1.82) is 0 Å². The molecule has 1 unspecified atom stereocenters. The zero-order chi connectivity index (χ0) is 8.55. The lowest BCUT2D eigenvalue weighted by Gasteiger charge is -2.02. The monoisotopic (exact) mass is 162 g/mol. The van der Waals surface area contributed by atoms with Crippen molar-refractivity contribution >= 4 is 5.78 Å². The third-order valence-electron chi connectivity index (χ3n) is 2.21. The number of carbonyl (C=O) groups excluding carboxylic acids is 1. The molecule has 0 fully saturated rings. The summed E-state index contributed by atoms with van der Waals surface area (Å²) in [7, 11) is 1.80. The first-order valence-corrected chi connectivity index (χ1v) is 3.98. The van der Waals surface area contributed by atoms with E-state index in [1.807, 2.05) is 12.1 Å². The van der Waals surface area contributed by atoms with Crippen LogP contribution in [0, 0.1) is 0 Å². The molecule has 0 bridgehead atoms. The molecule has 1 aromatic rings. The Balaban J connectivity index is 2.42. The number of fused-ring (bicyclic) bond motifs is 1. The Hall–Kier alpha value is -1.22. The third kappa shape index (κ3) is 0.940. The first-order valence-electron chi connectivity index (χ1n) is 3.98. The first kappa shape index (κ1) is 7.43. The summed E-state index contributed by atoms with van der Waals surface area (Å²) in [6.07, 6.45) is 2.44. The van der Waals surface area contributed by atoms with E-state index in [0.29, 0.717) is 5.69 Å². The molecule has 0 saturated heterocycles. The number of carbonyl (C=O) groups is 1. The van der Waals surface area contributed by atoms with E-state index in [-0.39, 0.29) is 11.8 Å². The Morgan fingerprint density at radius 1 is 1.67 bits per heavy atom. The van der Waals surface area contributed by atoms with Crippen LogP contribution in [-0.4, -0.2) is 23.9 Å². The predicted molar refractivity (Wildman–Crippen MR) is 45.1 cm³/mol. The smallest absolute Gasteiger partial charge is 0.198 e. The summed E-state index contributed by atoms with van der Waals surface area (Å²) in [5.41, 5.74) is 1.69. The summed E-state index contributed by atoms with van der Waals surface area (Å²) in [5.74, 6) is 0.119. The maximum atomic E-state index is 11.5. The van der Waals surface area contributed by atoms with E-state index in [9.17, 15) is 4.79 Å². The molecule has 1 heterocycles. The molecule has 62 valence electrons. The first-order chi connectivity index (χ1) is 5.83. The van der Waals surface area contributed by atoms with Crippen LogP contribution in [0.1, 0.15) is 16.1 Å². The van der Waals surface area contributed by atoms with Gasteiger partial charge in [0.25, 0.3) is 0 Å². The number of likely N-dealkylation sites (N-methyl/N-ethyl adjacent to an activating group) is 1. The summed E-state index contributed by atoms with van der Waals surface area (Å²) >= 11 is 0. The fraction of sp³-hybridized carbons (Fsp3) is 0.333. The summed E-state index contributed by atoms with van der Waals surface area (Å²) in [5, 5.41) is 2.97. The van der Waals surface area contributed by atoms with Crippen LogP contribution in [0.3, 0.4) is 0 Å². The van der Waals surface area contributed by atoms with Crippen molar-refractivity contribution in [2.45, 2.75) is 12.5 Å². The Morgan fingerprint density at radius 2 is 2.50 bits per heavy atom. The van der Waals surface area contributed by atoms with Gasteiger partial charge in [0.1, 0.15) is 5.69 Å². The van der Waals surface area contributed by atoms with Gasteiger partial charge in [-0.05, 0) is 25.1 Å². The number of aromatic nitrogens is 1. The highest BCUT2D eigenvalue weighted by Gasteiger charge is 2.29. The second-order valence-corrected chi connectivity index (χ2v) is 2.92. The third-order valence-corrected chi connectivity index (χ3v) is 2.21. The molecule has 1 aliphatic rings. The standard InChI is InChI=1S/C9H10N2O/c1-10-7-5-6-3-2-4-11-8(6)9(7)12/h2-4,7,10H,5H2,1H3. The molecule has 0 aromatic carbocycles. The number of rotatable bonds is 1. The molecule has 0 radical (unpaired) electrons. The molecule has 2 rings (SSSR count). The van der Waals surface area contributed by atoms with Gasteiger partial charge in [-0.25, -0.2) is 0 Å². The van der Waals surface area contributed by atoms with Gasteiger partial charge < -0.3 is 5.32 Å². The maximum absolute atomic E-state index is 11.5. The summed E-state index contributed by atoms with van der Waals surface area (Å²) in [4.78, 5) is 15.6. The molecule has 12 heavy (non-hydrogen) atoms. The van der Waals surface area contributed by atoms with Crippen molar-refractivity contribution in [3.05, 3.63) is 29.6 Å². The van der Waals surface area contributed by atoms with E-state index in [1.54, 1.807) is 13.2 Å². The second-order valence-electron chi connectivity index (χ2n) is 2.92. The highest BCUT2D eigenvalue weighted by molar-refractivity contribution is 6.02. The topological polar surface area (TPSA) is 42.0 Å². The van der Waals surface area contributed by atoms with Gasteiger partial charge in [0.2, 0.25) is 0 Å². The Kier molecular flexibility index (Phi) is 1.66. The van der Waals surface area contributed by atoms with E-state index in [1.165, 1.54) is 0 Å². The van der Waals surface area contributed by atoms with Gasteiger partial charge in [0.05, 0.1) is 6.04 Å². The van der Waals surface area contributed by atoms with Crippen molar-refractivity contribution in [2.75, 3.05) is 7.05 Å². The minimum Gasteiger partial charge on any atom is -0.310 e. The van der Waals surface area contributed by atoms with Crippen LogP contribution in [-0.2, 0) is 6.42 Å². The van der Waals surface area contributed by atoms with Crippen molar-refractivity contribution in [1.82, 2.24) is 10.3 Å². The number of pyridine rings is 1. The lowest BCUT2D eigenvalue weighted by atomic mass is 10.2. The van der Waals surface area contributed by atoms with E-state index in [4.69, 9.17) is 0 Å². The summed E-state index contributed by atoms with van der Waals surface area (Å²) in [6, 6.07) is 3.76. The number of hydrogen-bond donors (Lipinski definition) is 1. The van der Waals surface area contributed by atoms with E-state index >= 15 is 0 Å². The Morgan fingerprint density at radius 3 is 3.17 bits per heavy atom. The highest BCUT2D eigenvalue weighted by Crippen LogP contribution is 2.18. The van der Waals surface area contributed by atoms with Crippen molar-refractivity contribution in [3.63, 3.8) is 0 Å². The molecule has 1 N–H and O–H groups in total. The van der Waals surface area contributed by atoms with Crippen LogP contribution < -0.4 is 5.32 Å². The average molecular weight is 162 g/mol. The number of nitrogens with one attached hydrogen (secondary N) is 1. The number of hydrogen-bond acceptors (Lipinski definition) is 3. The van der Waals surface area contributed by atoms with Gasteiger partial charge in [-0.1, -0.05) is 6.07 Å². The van der Waals surface area contributed by atoms with Crippen molar-refractivity contribution < 1.29 is 4.79 Å². The zero-order valence-corrected chi connectivity index (χ0v) is 6.87. The SMILES string of the molecule is CNC1Cc2cccnc2C1=O. The molecule has 0 saturated carbocycles. The van der Waals surface area contributed by atoms with Crippen molar-refractivity contribution in [3.8, 4) is 0 Å². The van der Waals surface area contributed by atoms with Gasteiger partial charge >= 0.3 is 0 Å². The lowest BCUT2D eigenvalue weighted by Crippen LogP contribution is -2.31. The molecule has 1 atom stereocenters.